The monoisotopic (exact) mass is 303 g/mol. The Kier molecular flexibility index (Phi) is 6.87. The first kappa shape index (κ1) is 17.0. The Morgan fingerprint density at radius 2 is 2.05 bits per heavy atom. The third kappa shape index (κ3) is 5.43. The van der Waals surface area contributed by atoms with Crippen LogP contribution in [0.3, 0.4) is 0 Å². The van der Waals surface area contributed by atoms with Crippen molar-refractivity contribution in [3.63, 3.8) is 0 Å². The van der Waals surface area contributed by atoms with Gasteiger partial charge in [-0.25, -0.2) is 0 Å². The van der Waals surface area contributed by atoms with E-state index in [0.717, 1.165) is 38.9 Å². The average molecular weight is 303 g/mol. The number of rotatable bonds is 7. The lowest BCUT2D eigenvalue weighted by atomic mass is 9.99. The molecular weight excluding hydrogens is 274 g/mol. The van der Waals surface area contributed by atoms with Crippen LogP contribution < -0.4 is 5.32 Å². The molecule has 0 bridgehead atoms. The van der Waals surface area contributed by atoms with Gasteiger partial charge in [-0.1, -0.05) is 30.3 Å². The van der Waals surface area contributed by atoms with E-state index in [9.17, 15) is 4.79 Å². The van der Waals surface area contributed by atoms with E-state index in [-0.39, 0.29) is 5.91 Å². The Morgan fingerprint density at radius 1 is 1.27 bits per heavy atom. The highest BCUT2D eigenvalue weighted by Crippen LogP contribution is 2.19. The first-order valence-corrected chi connectivity index (χ1v) is 8.35. The zero-order chi connectivity index (χ0) is 15.8. The molecule has 0 radical (unpaired) electrons. The maximum Gasteiger partial charge on any atom is 0.236 e. The predicted octanol–water partition coefficient (Wildman–Crippen LogP) is 2.11. The van der Waals surface area contributed by atoms with Crippen molar-refractivity contribution in [2.24, 2.45) is 0 Å². The highest BCUT2D eigenvalue weighted by molar-refractivity contribution is 5.78. The number of nitrogens with zero attached hydrogens (tertiary/aromatic N) is 2. The number of likely N-dealkylation sites (tertiary alicyclic amines) is 1. The van der Waals surface area contributed by atoms with Crippen molar-refractivity contribution >= 4 is 5.91 Å². The molecule has 0 aromatic heterocycles. The second-order valence-electron chi connectivity index (χ2n) is 6.42. The third-order valence-electron chi connectivity index (χ3n) is 4.31. The van der Waals surface area contributed by atoms with Crippen molar-refractivity contribution in [3.05, 3.63) is 35.9 Å². The van der Waals surface area contributed by atoms with Crippen LogP contribution in [-0.2, 0) is 11.3 Å². The molecular formula is C18H29N3O. The van der Waals surface area contributed by atoms with Gasteiger partial charge in [-0.15, -0.1) is 0 Å². The van der Waals surface area contributed by atoms with Crippen molar-refractivity contribution < 1.29 is 4.79 Å². The van der Waals surface area contributed by atoms with Crippen molar-refractivity contribution in [1.29, 1.82) is 0 Å². The Morgan fingerprint density at radius 3 is 2.77 bits per heavy atom. The van der Waals surface area contributed by atoms with Gasteiger partial charge in [-0.3, -0.25) is 4.79 Å². The van der Waals surface area contributed by atoms with Crippen LogP contribution in [0.4, 0.5) is 0 Å². The number of amides is 1. The molecule has 0 saturated carbocycles. The van der Waals surface area contributed by atoms with Crippen molar-refractivity contribution in [3.8, 4) is 0 Å². The summed E-state index contributed by atoms with van der Waals surface area (Å²) in [6.07, 6.45) is 4.62. The van der Waals surface area contributed by atoms with Gasteiger partial charge >= 0.3 is 0 Å². The van der Waals surface area contributed by atoms with E-state index < -0.39 is 0 Å². The molecule has 1 aromatic rings. The lowest BCUT2D eigenvalue weighted by molar-refractivity contribution is -0.134. The Labute approximate surface area is 134 Å². The van der Waals surface area contributed by atoms with E-state index in [1.165, 1.54) is 12.0 Å². The van der Waals surface area contributed by atoms with Gasteiger partial charge in [-0.2, -0.15) is 0 Å². The molecule has 1 fully saturated rings. The molecule has 122 valence electrons. The number of nitrogens with one attached hydrogen (secondary N) is 1. The van der Waals surface area contributed by atoms with E-state index >= 15 is 0 Å². The quantitative estimate of drug-likeness (QED) is 0.838. The number of carbonyl (C=O) groups excluding carboxylic acids is 1. The van der Waals surface area contributed by atoms with E-state index in [1.807, 2.05) is 18.2 Å². The Balaban J connectivity index is 1.78. The number of hydrogen-bond donors (Lipinski definition) is 1. The summed E-state index contributed by atoms with van der Waals surface area (Å²) in [5.74, 6) is 0.249. The van der Waals surface area contributed by atoms with Crippen LogP contribution >= 0.6 is 0 Å². The summed E-state index contributed by atoms with van der Waals surface area (Å²) in [5.41, 5.74) is 1.22. The summed E-state index contributed by atoms with van der Waals surface area (Å²) in [7, 11) is 4.19. The molecule has 1 aliphatic rings. The normalized spacial score (nSPS) is 18.7. The molecule has 22 heavy (non-hydrogen) atoms. The minimum absolute atomic E-state index is 0.249. The van der Waals surface area contributed by atoms with Crippen LogP contribution in [0, 0.1) is 0 Å². The first-order chi connectivity index (χ1) is 10.7. The van der Waals surface area contributed by atoms with E-state index in [4.69, 9.17) is 0 Å². The van der Waals surface area contributed by atoms with E-state index in [1.54, 1.807) is 0 Å². The number of hydrogen-bond acceptors (Lipinski definition) is 3. The molecule has 4 nitrogen and oxygen atoms in total. The molecule has 0 aliphatic carbocycles. The smallest absolute Gasteiger partial charge is 0.236 e. The van der Waals surface area contributed by atoms with Gasteiger partial charge in [0.15, 0.2) is 0 Å². The fraction of sp³-hybridized carbons (Fsp3) is 0.611. The summed E-state index contributed by atoms with van der Waals surface area (Å²) in [5, 5.41) is 3.28. The van der Waals surface area contributed by atoms with Gasteiger partial charge in [0.2, 0.25) is 5.91 Å². The second-order valence-corrected chi connectivity index (χ2v) is 6.42. The topological polar surface area (TPSA) is 35.6 Å². The highest BCUT2D eigenvalue weighted by atomic mass is 16.2. The molecule has 1 saturated heterocycles. The number of carbonyl (C=O) groups is 1. The van der Waals surface area contributed by atoms with Gasteiger partial charge in [0.05, 0.1) is 6.54 Å². The van der Waals surface area contributed by atoms with Crippen molar-refractivity contribution in [1.82, 2.24) is 15.1 Å². The maximum absolute atomic E-state index is 12.5. The molecule has 1 unspecified atom stereocenters. The Hall–Kier alpha value is -1.39. The summed E-state index contributed by atoms with van der Waals surface area (Å²) >= 11 is 0. The third-order valence-corrected chi connectivity index (χ3v) is 4.31. The van der Waals surface area contributed by atoms with Crippen LogP contribution in [-0.4, -0.2) is 55.5 Å². The maximum atomic E-state index is 12.5. The average Bonchev–Trinajstić information content (AvgIpc) is 2.54. The summed E-state index contributed by atoms with van der Waals surface area (Å²) in [6.45, 7) is 3.16. The van der Waals surface area contributed by atoms with Crippen LogP contribution in [0.5, 0.6) is 0 Å². The zero-order valence-corrected chi connectivity index (χ0v) is 13.9. The number of piperidine rings is 1. The minimum atomic E-state index is 0.249. The minimum Gasteiger partial charge on any atom is -0.339 e. The molecule has 1 heterocycles. The first-order valence-electron chi connectivity index (χ1n) is 8.35. The number of benzene rings is 1. The highest BCUT2D eigenvalue weighted by Gasteiger charge is 2.25. The van der Waals surface area contributed by atoms with E-state index in [2.05, 4.69) is 41.3 Å². The molecule has 4 heteroatoms. The van der Waals surface area contributed by atoms with Gasteiger partial charge in [0, 0.05) is 19.1 Å². The van der Waals surface area contributed by atoms with Crippen LogP contribution in [0.2, 0.25) is 0 Å². The molecule has 1 N–H and O–H groups in total. The molecule has 2 rings (SSSR count). The predicted molar refractivity (Wildman–Crippen MR) is 90.7 cm³/mol. The van der Waals surface area contributed by atoms with Crippen LogP contribution in [0.25, 0.3) is 0 Å². The SMILES string of the molecule is CN(C)CCC1CCCCN1C(=O)CNCc1ccccc1. The van der Waals surface area contributed by atoms with Crippen molar-refractivity contribution in [2.45, 2.75) is 38.3 Å². The summed E-state index contributed by atoms with van der Waals surface area (Å²) in [4.78, 5) is 16.8. The van der Waals surface area contributed by atoms with Gasteiger partial charge in [0.25, 0.3) is 0 Å². The lowest BCUT2D eigenvalue weighted by Gasteiger charge is -2.36. The standard InChI is InChI=1S/C18H29N3O/c1-20(2)13-11-17-10-6-7-12-21(17)18(22)15-19-14-16-8-4-3-5-9-16/h3-5,8-9,17,19H,6-7,10-15H2,1-2H3. The van der Waals surface area contributed by atoms with Crippen LogP contribution in [0.1, 0.15) is 31.2 Å². The van der Waals surface area contributed by atoms with Crippen LogP contribution in [0.15, 0.2) is 30.3 Å². The summed E-state index contributed by atoms with van der Waals surface area (Å²) in [6, 6.07) is 10.7. The summed E-state index contributed by atoms with van der Waals surface area (Å²) < 4.78 is 0. The molecule has 1 atom stereocenters. The molecule has 1 aromatic carbocycles. The van der Waals surface area contributed by atoms with Gasteiger partial charge in [0.1, 0.15) is 0 Å². The zero-order valence-electron chi connectivity index (χ0n) is 13.9. The Bertz CT molecular complexity index is 447. The molecule has 1 amide bonds. The lowest BCUT2D eigenvalue weighted by Crippen LogP contribution is -2.48. The fourth-order valence-electron chi connectivity index (χ4n) is 3.05. The fourth-order valence-corrected chi connectivity index (χ4v) is 3.05. The van der Waals surface area contributed by atoms with Gasteiger partial charge < -0.3 is 15.1 Å². The van der Waals surface area contributed by atoms with E-state index in [0.29, 0.717) is 12.6 Å². The molecule has 1 aliphatic heterocycles. The second kappa shape index (κ2) is 8.91. The molecule has 0 spiro atoms. The van der Waals surface area contributed by atoms with Crippen molar-refractivity contribution in [2.75, 3.05) is 33.7 Å². The van der Waals surface area contributed by atoms with Gasteiger partial charge in [-0.05, 0) is 51.9 Å². The largest absolute Gasteiger partial charge is 0.339 e.